The van der Waals surface area contributed by atoms with E-state index in [1.807, 2.05) is 41.9 Å². The lowest BCUT2D eigenvalue weighted by Gasteiger charge is -2.23. The molecule has 7 nitrogen and oxygen atoms in total. The Hall–Kier alpha value is -3.48. The Balaban J connectivity index is 1.78. The fourth-order valence-electron chi connectivity index (χ4n) is 3.31. The highest BCUT2D eigenvalue weighted by Crippen LogP contribution is 2.29. The number of aryl methyl sites for hydroxylation is 1. The van der Waals surface area contributed by atoms with Gasteiger partial charge in [-0.05, 0) is 36.2 Å². The fraction of sp³-hybridized carbons (Fsp3) is 0.200. The summed E-state index contributed by atoms with van der Waals surface area (Å²) in [5.41, 5.74) is 4.74. The lowest BCUT2D eigenvalue weighted by molar-refractivity contribution is -0.114. The molecule has 0 saturated carbocycles. The smallest absolute Gasteiger partial charge is 0.258 e. The number of carbonyl (C=O) groups excluding carboxylic acids is 2. The Morgan fingerprint density at radius 2 is 1.93 bits per heavy atom. The zero-order valence-corrected chi connectivity index (χ0v) is 15.1. The molecule has 0 atom stereocenters. The molecule has 0 bridgehead atoms. The van der Waals surface area contributed by atoms with E-state index in [1.165, 1.54) is 6.92 Å². The van der Waals surface area contributed by atoms with Crippen LogP contribution in [0.3, 0.4) is 0 Å². The topological polar surface area (TPSA) is 80.1 Å². The highest BCUT2D eigenvalue weighted by molar-refractivity contribution is 6.08. The number of fused-ring (bicyclic) bond motifs is 2. The van der Waals surface area contributed by atoms with E-state index in [4.69, 9.17) is 0 Å². The molecule has 2 heterocycles. The molecule has 0 radical (unpaired) electrons. The van der Waals surface area contributed by atoms with E-state index in [1.54, 1.807) is 23.2 Å². The van der Waals surface area contributed by atoms with Gasteiger partial charge in [0, 0.05) is 23.9 Å². The molecule has 2 amide bonds. The maximum absolute atomic E-state index is 13.5. The Bertz CT molecular complexity index is 1040. The second-order valence-corrected chi connectivity index (χ2v) is 6.61. The first-order valence-electron chi connectivity index (χ1n) is 8.68. The van der Waals surface area contributed by atoms with Gasteiger partial charge in [-0.1, -0.05) is 29.5 Å². The van der Waals surface area contributed by atoms with Crippen LogP contribution in [-0.4, -0.2) is 26.8 Å². The van der Waals surface area contributed by atoms with Crippen molar-refractivity contribution >= 4 is 23.2 Å². The van der Waals surface area contributed by atoms with E-state index < -0.39 is 0 Å². The molecule has 4 rings (SSSR count). The number of anilines is 2. The molecule has 27 heavy (non-hydrogen) atoms. The molecule has 2 aromatic carbocycles. The van der Waals surface area contributed by atoms with Gasteiger partial charge >= 0.3 is 0 Å². The van der Waals surface area contributed by atoms with Crippen LogP contribution in [0, 0.1) is 6.92 Å². The minimum absolute atomic E-state index is 0.123. The fourth-order valence-corrected chi connectivity index (χ4v) is 3.31. The van der Waals surface area contributed by atoms with Crippen LogP contribution < -0.4 is 10.2 Å². The van der Waals surface area contributed by atoms with Crippen molar-refractivity contribution in [2.75, 3.05) is 10.2 Å². The van der Waals surface area contributed by atoms with Crippen LogP contribution in [0.2, 0.25) is 0 Å². The van der Waals surface area contributed by atoms with E-state index >= 15 is 0 Å². The predicted octanol–water partition coefficient (Wildman–Crippen LogP) is 2.75. The molecule has 1 N–H and O–H groups in total. The summed E-state index contributed by atoms with van der Waals surface area (Å²) in [4.78, 5) is 26.6. The van der Waals surface area contributed by atoms with Crippen LogP contribution >= 0.6 is 0 Å². The first-order valence-corrected chi connectivity index (χ1v) is 8.68. The van der Waals surface area contributed by atoms with Gasteiger partial charge in [-0.3, -0.25) is 9.59 Å². The third kappa shape index (κ3) is 3.19. The van der Waals surface area contributed by atoms with Crippen molar-refractivity contribution in [2.24, 2.45) is 0 Å². The Morgan fingerprint density at radius 3 is 2.74 bits per heavy atom. The highest BCUT2D eigenvalue weighted by Gasteiger charge is 2.26. The van der Waals surface area contributed by atoms with E-state index in [0.717, 1.165) is 22.5 Å². The zero-order valence-electron chi connectivity index (χ0n) is 15.1. The third-order valence-corrected chi connectivity index (χ3v) is 4.65. The largest absolute Gasteiger partial charge is 0.326 e. The Labute approximate surface area is 156 Å². The van der Waals surface area contributed by atoms with Crippen molar-refractivity contribution in [3.63, 3.8) is 0 Å². The van der Waals surface area contributed by atoms with Crippen molar-refractivity contribution in [1.29, 1.82) is 0 Å². The molecule has 0 spiro atoms. The summed E-state index contributed by atoms with van der Waals surface area (Å²) in [5.74, 6) is -0.297. The molecule has 0 aliphatic carbocycles. The molecule has 3 aromatic rings. The number of benzene rings is 2. The maximum atomic E-state index is 13.5. The molecular weight excluding hydrogens is 342 g/mol. The molecule has 1 aliphatic rings. The van der Waals surface area contributed by atoms with E-state index in [0.29, 0.717) is 24.3 Å². The van der Waals surface area contributed by atoms with Gasteiger partial charge in [-0.15, -0.1) is 5.10 Å². The number of hydrogen-bond acceptors (Lipinski definition) is 4. The predicted molar refractivity (Wildman–Crippen MR) is 102 cm³/mol. The molecule has 136 valence electrons. The maximum Gasteiger partial charge on any atom is 0.258 e. The molecule has 1 aromatic heterocycles. The second-order valence-electron chi connectivity index (χ2n) is 6.61. The second kappa shape index (κ2) is 6.68. The molecule has 7 heteroatoms. The van der Waals surface area contributed by atoms with Crippen molar-refractivity contribution in [2.45, 2.75) is 26.9 Å². The molecule has 1 aliphatic heterocycles. The number of nitrogens with one attached hydrogen (secondary N) is 1. The van der Waals surface area contributed by atoms with Crippen LogP contribution in [0.15, 0.2) is 48.7 Å². The summed E-state index contributed by atoms with van der Waals surface area (Å²) >= 11 is 0. The van der Waals surface area contributed by atoms with E-state index in [-0.39, 0.29) is 11.8 Å². The van der Waals surface area contributed by atoms with Gasteiger partial charge < -0.3 is 10.2 Å². The van der Waals surface area contributed by atoms with Gasteiger partial charge in [0.1, 0.15) is 0 Å². The number of carbonyl (C=O) groups is 2. The first kappa shape index (κ1) is 17.0. The molecule has 0 fully saturated rings. The number of aromatic nitrogens is 3. The number of rotatable bonds is 2. The standard InChI is InChI=1S/C20H19N5O2/c1-13-7-8-16(22-14(2)26)9-18(13)20(27)24-12-17-10-21-23-25(17)11-15-5-3-4-6-19(15)24/h3-10H,11-12H2,1-2H3,(H,22,26). The van der Waals surface area contributed by atoms with Gasteiger partial charge in [0.15, 0.2) is 0 Å². The number of amides is 2. The van der Waals surface area contributed by atoms with Gasteiger partial charge in [0.2, 0.25) is 5.91 Å². The van der Waals surface area contributed by atoms with Crippen LogP contribution in [0.4, 0.5) is 11.4 Å². The van der Waals surface area contributed by atoms with E-state index in [9.17, 15) is 9.59 Å². The third-order valence-electron chi connectivity index (χ3n) is 4.65. The van der Waals surface area contributed by atoms with Crippen molar-refractivity contribution in [3.8, 4) is 0 Å². The number of para-hydroxylation sites is 1. The summed E-state index contributed by atoms with van der Waals surface area (Å²) in [6.45, 7) is 4.29. The monoisotopic (exact) mass is 361 g/mol. The summed E-state index contributed by atoms with van der Waals surface area (Å²) < 4.78 is 1.81. The SMILES string of the molecule is CC(=O)Nc1ccc(C)c(C(=O)N2Cc3cnnn3Cc3ccccc32)c1. The number of hydrogen-bond donors (Lipinski definition) is 1. The van der Waals surface area contributed by atoms with Crippen molar-refractivity contribution in [3.05, 3.63) is 71.0 Å². The zero-order chi connectivity index (χ0) is 19.0. The lowest BCUT2D eigenvalue weighted by atomic mass is 10.0. The summed E-state index contributed by atoms with van der Waals surface area (Å²) in [5, 5.41) is 10.8. The minimum Gasteiger partial charge on any atom is -0.326 e. The summed E-state index contributed by atoms with van der Waals surface area (Å²) in [6.07, 6.45) is 1.69. The first-order chi connectivity index (χ1) is 13.0. The van der Waals surface area contributed by atoms with Crippen LogP contribution in [-0.2, 0) is 17.9 Å². The van der Waals surface area contributed by atoms with E-state index in [2.05, 4.69) is 15.6 Å². The number of nitrogens with zero attached hydrogens (tertiary/aromatic N) is 4. The molecule has 0 unspecified atom stereocenters. The Morgan fingerprint density at radius 1 is 1.11 bits per heavy atom. The van der Waals surface area contributed by atoms with Gasteiger partial charge in [-0.25, -0.2) is 4.68 Å². The average molecular weight is 361 g/mol. The Kier molecular flexibility index (Phi) is 4.19. The van der Waals surface area contributed by atoms with Crippen LogP contribution in [0.1, 0.15) is 34.1 Å². The summed E-state index contributed by atoms with van der Waals surface area (Å²) in [7, 11) is 0. The average Bonchev–Trinajstić information content (AvgIpc) is 3.01. The summed E-state index contributed by atoms with van der Waals surface area (Å²) in [6, 6.07) is 13.2. The normalized spacial score (nSPS) is 12.7. The van der Waals surface area contributed by atoms with Gasteiger partial charge in [0.25, 0.3) is 5.91 Å². The van der Waals surface area contributed by atoms with Crippen LogP contribution in [0.5, 0.6) is 0 Å². The van der Waals surface area contributed by atoms with Crippen molar-refractivity contribution < 1.29 is 9.59 Å². The lowest BCUT2D eigenvalue weighted by Crippen LogP contribution is -2.31. The van der Waals surface area contributed by atoms with Crippen LogP contribution in [0.25, 0.3) is 0 Å². The van der Waals surface area contributed by atoms with Crippen molar-refractivity contribution in [1.82, 2.24) is 15.0 Å². The quantitative estimate of drug-likeness (QED) is 0.761. The van der Waals surface area contributed by atoms with Gasteiger partial charge in [-0.2, -0.15) is 0 Å². The molecule has 0 saturated heterocycles. The molecular formula is C20H19N5O2. The minimum atomic E-state index is -0.174. The van der Waals surface area contributed by atoms with Gasteiger partial charge in [0.05, 0.1) is 25.0 Å². The highest BCUT2D eigenvalue weighted by atomic mass is 16.2.